The summed E-state index contributed by atoms with van der Waals surface area (Å²) < 4.78 is 9.64. The zero-order valence-electron chi connectivity index (χ0n) is 6.92. The van der Waals surface area contributed by atoms with Crippen molar-refractivity contribution in [1.29, 1.82) is 0 Å². The van der Waals surface area contributed by atoms with E-state index in [0.29, 0.717) is 0 Å². The van der Waals surface area contributed by atoms with Crippen LogP contribution in [0.2, 0.25) is 0 Å². The van der Waals surface area contributed by atoms with Crippen molar-refractivity contribution < 1.29 is 14.6 Å². The molecule has 0 aliphatic carbocycles. The third-order valence-electron chi connectivity index (χ3n) is 1.48. The van der Waals surface area contributed by atoms with Crippen LogP contribution in [0.3, 0.4) is 0 Å². The highest BCUT2D eigenvalue weighted by Gasteiger charge is 2.09. The molecule has 4 heteroatoms. The first-order valence-electron chi connectivity index (χ1n) is 3.35. The van der Waals surface area contributed by atoms with Crippen LogP contribution in [0.25, 0.3) is 0 Å². The normalized spacial score (nSPS) is 9.50. The maximum atomic E-state index is 9.38. The fourth-order valence-electron chi connectivity index (χ4n) is 0.893. The molecule has 0 atom stereocenters. The number of rotatable bonds is 2. The van der Waals surface area contributed by atoms with Gasteiger partial charge in [0.05, 0.1) is 19.9 Å². The Labute approximate surface area is 70.5 Å². The van der Waals surface area contributed by atoms with Crippen molar-refractivity contribution >= 4 is 5.69 Å². The van der Waals surface area contributed by atoms with E-state index in [9.17, 15) is 5.11 Å². The lowest BCUT2D eigenvalue weighted by Crippen LogP contribution is -1.88. The summed E-state index contributed by atoms with van der Waals surface area (Å²) in [6.07, 6.45) is 0. The van der Waals surface area contributed by atoms with Crippen molar-refractivity contribution in [3.05, 3.63) is 12.1 Å². The zero-order chi connectivity index (χ0) is 9.14. The van der Waals surface area contributed by atoms with Gasteiger partial charge in [-0.3, -0.25) is 0 Å². The SMILES string of the molecule is COc1cc([NH])cc(OC)c1O. The van der Waals surface area contributed by atoms with Gasteiger partial charge in [0.15, 0.2) is 11.5 Å². The number of hydrogen-bond acceptors (Lipinski definition) is 3. The van der Waals surface area contributed by atoms with E-state index in [0.717, 1.165) is 0 Å². The predicted octanol–water partition coefficient (Wildman–Crippen LogP) is 1.32. The molecule has 0 aliphatic heterocycles. The highest BCUT2D eigenvalue weighted by atomic mass is 16.5. The number of nitrogens with one attached hydrogen (secondary N) is 1. The van der Waals surface area contributed by atoms with Gasteiger partial charge in [0, 0.05) is 12.1 Å². The molecule has 1 aromatic carbocycles. The lowest BCUT2D eigenvalue weighted by molar-refractivity contribution is 0.340. The second kappa shape index (κ2) is 3.21. The molecule has 0 aliphatic rings. The largest absolute Gasteiger partial charge is 0.502 e. The Morgan fingerprint density at radius 1 is 1.17 bits per heavy atom. The maximum absolute atomic E-state index is 9.38. The Balaban J connectivity index is 3.22. The standard InChI is InChI=1S/C8H10NO3/c1-11-6-3-5(9)4-7(12-2)8(6)10/h3-4,9-10H,1-2H3. The van der Waals surface area contributed by atoms with Gasteiger partial charge in [0.1, 0.15) is 0 Å². The molecule has 0 heterocycles. The van der Waals surface area contributed by atoms with Gasteiger partial charge in [-0.1, -0.05) is 0 Å². The molecule has 0 bridgehead atoms. The molecular formula is C8H10NO3. The molecule has 0 unspecified atom stereocenters. The van der Waals surface area contributed by atoms with Crippen LogP contribution in [0.1, 0.15) is 0 Å². The monoisotopic (exact) mass is 168 g/mol. The van der Waals surface area contributed by atoms with E-state index in [1.54, 1.807) is 0 Å². The van der Waals surface area contributed by atoms with Crippen molar-refractivity contribution in [2.24, 2.45) is 0 Å². The summed E-state index contributed by atoms with van der Waals surface area (Å²) in [6, 6.07) is 2.83. The van der Waals surface area contributed by atoms with Crippen LogP contribution in [-0.4, -0.2) is 19.3 Å². The van der Waals surface area contributed by atoms with Gasteiger partial charge >= 0.3 is 0 Å². The third kappa shape index (κ3) is 1.37. The minimum Gasteiger partial charge on any atom is -0.502 e. The van der Waals surface area contributed by atoms with Crippen molar-refractivity contribution in [3.8, 4) is 17.2 Å². The van der Waals surface area contributed by atoms with Crippen LogP contribution >= 0.6 is 0 Å². The Hall–Kier alpha value is -1.58. The van der Waals surface area contributed by atoms with E-state index in [1.165, 1.54) is 26.4 Å². The first-order valence-corrected chi connectivity index (χ1v) is 3.35. The number of phenolic OH excluding ortho intramolecular Hbond substituents is 1. The number of methoxy groups -OCH3 is 2. The summed E-state index contributed by atoms with van der Waals surface area (Å²) in [7, 11) is 2.85. The molecule has 2 N–H and O–H groups in total. The van der Waals surface area contributed by atoms with Crippen LogP contribution in [-0.2, 0) is 0 Å². The number of hydrogen-bond donors (Lipinski definition) is 1. The van der Waals surface area contributed by atoms with Crippen molar-refractivity contribution in [3.63, 3.8) is 0 Å². The molecule has 0 aromatic heterocycles. The number of phenols is 1. The second-order valence-corrected chi connectivity index (χ2v) is 2.23. The van der Waals surface area contributed by atoms with Gasteiger partial charge < -0.3 is 20.3 Å². The molecule has 0 fully saturated rings. The molecule has 1 radical (unpaired) electrons. The summed E-state index contributed by atoms with van der Waals surface area (Å²) in [5, 5.41) is 9.38. The molecule has 0 amide bonds. The fraction of sp³-hybridized carbons (Fsp3) is 0.250. The fourth-order valence-corrected chi connectivity index (χ4v) is 0.893. The highest BCUT2D eigenvalue weighted by Crippen LogP contribution is 2.38. The molecule has 1 rings (SSSR count). The zero-order valence-corrected chi connectivity index (χ0v) is 6.92. The Morgan fingerprint density at radius 2 is 1.58 bits per heavy atom. The summed E-state index contributed by atoms with van der Waals surface area (Å²) in [5.41, 5.74) is 7.55. The van der Waals surface area contributed by atoms with Crippen LogP contribution in [0.15, 0.2) is 12.1 Å². The molecule has 4 nitrogen and oxygen atoms in total. The topological polar surface area (TPSA) is 62.5 Å². The van der Waals surface area contributed by atoms with Crippen molar-refractivity contribution in [2.45, 2.75) is 0 Å². The second-order valence-electron chi connectivity index (χ2n) is 2.23. The van der Waals surface area contributed by atoms with Crippen LogP contribution in [0.5, 0.6) is 17.2 Å². The van der Waals surface area contributed by atoms with Gasteiger partial charge in [-0.05, 0) is 0 Å². The summed E-state index contributed by atoms with van der Waals surface area (Å²) in [6.45, 7) is 0. The van der Waals surface area contributed by atoms with E-state index < -0.39 is 0 Å². The van der Waals surface area contributed by atoms with Gasteiger partial charge in [-0.15, -0.1) is 0 Å². The van der Waals surface area contributed by atoms with Gasteiger partial charge in [-0.2, -0.15) is 0 Å². The van der Waals surface area contributed by atoms with Crippen LogP contribution < -0.4 is 15.2 Å². The summed E-state index contributed by atoms with van der Waals surface area (Å²) >= 11 is 0. The quantitative estimate of drug-likeness (QED) is 0.677. The predicted molar refractivity (Wildman–Crippen MR) is 44.0 cm³/mol. The van der Waals surface area contributed by atoms with Gasteiger partial charge in [-0.25, -0.2) is 0 Å². The lowest BCUT2D eigenvalue weighted by atomic mass is 10.2. The summed E-state index contributed by atoms with van der Waals surface area (Å²) in [5.74, 6) is 0.426. The molecule has 12 heavy (non-hydrogen) atoms. The molecule has 0 saturated heterocycles. The number of ether oxygens (including phenoxy) is 2. The third-order valence-corrected chi connectivity index (χ3v) is 1.48. The van der Waals surface area contributed by atoms with E-state index in [4.69, 9.17) is 15.2 Å². The number of aromatic hydroxyl groups is 1. The average Bonchev–Trinajstić information content (AvgIpc) is 2.08. The van der Waals surface area contributed by atoms with Crippen LogP contribution in [0.4, 0.5) is 5.69 Å². The minimum atomic E-state index is -0.0731. The van der Waals surface area contributed by atoms with Crippen LogP contribution in [0, 0.1) is 0 Å². The first-order chi connectivity index (χ1) is 5.69. The summed E-state index contributed by atoms with van der Waals surface area (Å²) in [4.78, 5) is 0. The Morgan fingerprint density at radius 3 is 1.92 bits per heavy atom. The van der Waals surface area contributed by atoms with Gasteiger partial charge in [0.25, 0.3) is 0 Å². The molecule has 65 valence electrons. The molecule has 1 aromatic rings. The Bertz CT molecular complexity index is 261. The van der Waals surface area contributed by atoms with E-state index >= 15 is 0 Å². The van der Waals surface area contributed by atoms with Gasteiger partial charge in [0.2, 0.25) is 5.75 Å². The number of benzene rings is 1. The molecule has 0 saturated carbocycles. The maximum Gasteiger partial charge on any atom is 0.200 e. The molecular weight excluding hydrogens is 158 g/mol. The van der Waals surface area contributed by atoms with E-state index in [1.807, 2.05) is 0 Å². The molecule has 0 spiro atoms. The smallest absolute Gasteiger partial charge is 0.200 e. The first kappa shape index (κ1) is 8.52. The van der Waals surface area contributed by atoms with E-state index in [2.05, 4.69) is 0 Å². The lowest BCUT2D eigenvalue weighted by Gasteiger charge is -2.08. The van der Waals surface area contributed by atoms with Crippen molar-refractivity contribution in [1.82, 2.24) is 5.73 Å². The Kier molecular flexibility index (Phi) is 2.28. The minimum absolute atomic E-state index is 0.0731. The van der Waals surface area contributed by atoms with E-state index in [-0.39, 0.29) is 22.9 Å². The average molecular weight is 168 g/mol. The highest BCUT2D eigenvalue weighted by molar-refractivity contribution is 5.58. The van der Waals surface area contributed by atoms with Crippen molar-refractivity contribution in [2.75, 3.05) is 14.2 Å².